The number of amides is 5. The third kappa shape index (κ3) is 32.7. The Labute approximate surface area is 757 Å². The summed E-state index contributed by atoms with van der Waals surface area (Å²) in [5.41, 5.74) is 85.8. The van der Waals surface area contributed by atoms with Crippen LogP contribution in [0.25, 0.3) is 115 Å². The number of carbonyl (C=O) groups is 5. The summed E-state index contributed by atoms with van der Waals surface area (Å²) in [4.78, 5) is 84.7. The summed E-state index contributed by atoms with van der Waals surface area (Å²) in [6.45, 7) is -0.758. The van der Waals surface area contributed by atoms with Crippen molar-refractivity contribution in [2.75, 3.05) is 88.5 Å². The first kappa shape index (κ1) is 118. The minimum Gasteiger partial charge on any atom is -0.390 e. The normalized spacial score (nSPS) is 30.4. The Morgan fingerprint density at radius 2 is 0.642 bits per heavy atom. The fraction of sp³-hybridized carbons (Fsp3) is 0.726. The first-order valence-electron chi connectivity index (χ1n) is 37.8. The fourth-order valence-corrected chi connectivity index (χ4v) is 12.5. The molecule has 2 aromatic rings. The first-order chi connectivity index (χ1) is 65.0. The molecule has 5 amide bonds. The number of hydrogen-bond acceptors (Lipinski definition) is 40. The van der Waals surface area contributed by atoms with Gasteiger partial charge in [0, 0.05) is 109 Å². The highest BCUT2D eigenvalue weighted by molar-refractivity contribution is 5.96. The lowest BCUT2D eigenvalue weighted by Gasteiger charge is -2.42. The predicted molar refractivity (Wildman–Crippen MR) is 425 cm³/mol. The molecule has 752 valence electrons. The molecule has 0 bridgehead atoms. The molecule has 2 aromatic carbocycles. The number of alkyl halides is 2. The van der Waals surface area contributed by atoms with Gasteiger partial charge in [0.1, 0.15) is 139 Å². The summed E-state index contributed by atoms with van der Waals surface area (Å²) in [7, 11) is 7.30. The van der Waals surface area contributed by atoms with Crippen LogP contribution in [0.1, 0.15) is 27.6 Å². The number of nitrogens with one attached hydrogen (secondary N) is 5. The molecule has 67 nitrogen and oxygen atoms in total. The molecule has 0 aromatic heterocycles. The molecule has 137 heavy (non-hydrogen) atoms. The third-order valence-corrected chi connectivity index (χ3v) is 19.0. The van der Waals surface area contributed by atoms with Crippen LogP contribution in [0.2, 0.25) is 0 Å². The monoisotopic (exact) mass is 1980 g/mol. The van der Waals surface area contributed by atoms with E-state index in [1.807, 2.05) is 20.3 Å². The lowest BCUT2D eigenvalue weighted by Crippen LogP contribution is -2.65. The first-order valence-corrected chi connectivity index (χ1v) is 37.8. The molecular formula is C62H84F8N38O29. The number of azide groups is 11. The number of carbonyl (C=O) groups excluding carboxylic acids is 5. The second-order valence-electron chi connectivity index (χ2n) is 27.3. The van der Waals surface area contributed by atoms with Crippen molar-refractivity contribution in [1.82, 2.24) is 26.6 Å². The Morgan fingerprint density at radius 1 is 0.358 bits per heavy atom. The molecule has 6 aliphatic heterocycles. The number of aliphatic hydroxyl groups is 12. The van der Waals surface area contributed by atoms with Crippen molar-refractivity contribution in [1.29, 1.82) is 0 Å². The van der Waals surface area contributed by atoms with E-state index >= 15 is 0 Å². The summed E-state index contributed by atoms with van der Waals surface area (Å²) >= 11 is 0. The van der Waals surface area contributed by atoms with Crippen LogP contribution < -0.4 is 26.6 Å². The van der Waals surface area contributed by atoms with E-state index in [1.54, 1.807) is 5.32 Å². The van der Waals surface area contributed by atoms with Crippen molar-refractivity contribution in [2.24, 2.45) is 56.3 Å². The zero-order valence-electron chi connectivity index (χ0n) is 71.0. The zero-order chi connectivity index (χ0) is 103. The number of methoxy groups -OCH3 is 6. The molecule has 0 saturated carbocycles. The van der Waals surface area contributed by atoms with Gasteiger partial charge < -0.3 is 145 Å². The van der Waals surface area contributed by atoms with Gasteiger partial charge >= 0.3 is 6.05 Å². The number of halogens is 8. The Morgan fingerprint density at radius 3 is 0.934 bits per heavy atom. The Hall–Kier alpha value is -13.3. The topological polar surface area (TPSA) is 1040 Å². The minimum atomic E-state index is -4.40. The molecule has 12 unspecified atom stereocenters. The standard InChI is InChI=1S/C14H13F4N7O5.C14H15F2N7O5.C9H13F2N7O5.C9H15N7O5.C9H16N4O5.C7H12N6O4/c1-29-14-10(12(27)11(26)3(30-14)2-21-24-19)22-13(28)4-5(15)7(17)9(23-25-20)8(18)6(4)16;1-27-14-10(12(25)11(24)8(28-14)4-19-22-17)20-13(26)5-2-6(15)9(21-23-18)7(16)3-5;1-22-7-4(15-8(21)9(10,11)16-18-13)6(20)5(19)3(23-7)2-14-17-12;1-20-9-6(14-5(17)3-13-16-11)8(19)7(18)4(21-9)2-12-15-10;1-4(14)12-6-8(16)7(15)5(3-11-13-10)18-9(6)17-2;1-16-7-4(11-13-9)6(15)5(14)3(17-7)2-10-12-8/h3,10-12,14,26-27H,2H2,1H3,(H,22,28);2-3,8,10-12,14,24-25H,4H2,1H3,(H,20,26);3-7,19-20H,2H2,1H3,(H,15,21);4,6-9,18-19H,2-3H2,1H3,(H,14,17);5-9,15-16H,3H2,1-2H3,(H,12,14);3-7,14-15H,2H2,1H3/t3?,10?,11-,12+,14-;8?,10?,11-,12+,14-;3?,4?,5-,6+,7-;4?,6?,7-,8+,9-;5?,6?,7-,8+,9-;3?,4?,5-,6+,7-/m000000/s1. The molecule has 0 radical (unpaired) electrons. The van der Waals surface area contributed by atoms with Crippen molar-refractivity contribution >= 4 is 40.9 Å². The Kier molecular flexibility index (Phi) is 50.6. The van der Waals surface area contributed by atoms with Gasteiger partial charge in [0.15, 0.2) is 61.0 Å². The lowest BCUT2D eigenvalue weighted by atomic mass is 9.96. The highest BCUT2D eigenvalue weighted by atomic mass is 19.3. The summed E-state index contributed by atoms with van der Waals surface area (Å²) < 4.78 is 171. The number of benzene rings is 2. The maximum absolute atomic E-state index is 14.1. The van der Waals surface area contributed by atoms with Crippen LogP contribution in [0, 0.1) is 34.9 Å². The number of ether oxygens (including phenoxy) is 12. The van der Waals surface area contributed by atoms with Crippen LogP contribution in [-0.2, 0) is 71.2 Å². The molecule has 8 rings (SSSR count). The van der Waals surface area contributed by atoms with Crippen LogP contribution in [0.4, 0.5) is 46.5 Å². The SMILES string of the molecule is CO[C@H]1OC(CN=[N+]=[N-])[C@H](O)[C@H](O)C1N=[N+]=[N-].CO[C@H]1OC(CN=[N+]=[N-])[C@H](O)[C@H](O)C1NC(=O)C(F)(F)N=[N+]=[N-].CO[C@H]1OC(CN=[N+]=[N-])[C@H](O)[C@H](O)C1NC(=O)CN=[N+]=[N-].CO[C@H]1OC(CN=[N+]=[N-])[C@H](O)[C@H](O)C1NC(=O)c1c(F)c(F)c(N=[N+]=[N-])c(F)c1F.CO[C@H]1OC(CN=[N+]=[N-])[C@H](O)[C@H](O)C1NC(=O)c1cc(F)c(N=[N+]=[N-])c(F)c1.CO[C@H]1OC(CN=[N+]=[N-])[C@H](O)[C@H](O)C1NC(C)=O. The second-order valence-corrected chi connectivity index (χ2v) is 27.3. The second kappa shape index (κ2) is 58.9. The highest BCUT2D eigenvalue weighted by Crippen LogP contribution is 2.34. The summed E-state index contributed by atoms with van der Waals surface area (Å²) in [6, 6.07) is -10.7. The van der Waals surface area contributed by atoms with Gasteiger partial charge in [0.05, 0.1) is 82.0 Å². The van der Waals surface area contributed by atoms with Crippen LogP contribution >= 0.6 is 0 Å². The number of nitrogens with zero attached hydrogens (tertiary/aromatic N) is 33. The third-order valence-electron chi connectivity index (χ3n) is 19.0. The molecule has 6 aliphatic rings. The van der Waals surface area contributed by atoms with Crippen molar-refractivity contribution in [2.45, 2.75) is 197 Å². The molecule has 0 aliphatic carbocycles. The van der Waals surface area contributed by atoms with E-state index < -0.39 is 284 Å². The number of hydrogen-bond donors (Lipinski definition) is 17. The van der Waals surface area contributed by atoms with Crippen LogP contribution in [0.15, 0.2) is 68.4 Å². The summed E-state index contributed by atoms with van der Waals surface area (Å²) in [5.74, 6) is -16.9. The molecule has 30 atom stereocenters. The van der Waals surface area contributed by atoms with Crippen LogP contribution in [0.5, 0.6) is 0 Å². The lowest BCUT2D eigenvalue weighted by molar-refractivity contribution is -0.254. The van der Waals surface area contributed by atoms with Gasteiger partial charge in [-0.2, -0.15) is 8.78 Å². The Bertz CT molecular complexity index is 4920. The van der Waals surface area contributed by atoms with E-state index in [-0.39, 0.29) is 38.6 Å². The molecule has 6 saturated heterocycles. The summed E-state index contributed by atoms with van der Waals surface area (Å²) in [5, 5.41) is 163. The smallest absolute Gasteiger partial charge is 0.390 e. The number of aliphatic hydroxyl groups excluding tert-OH is 12. The van der Waals surface area contributed by atoms with Gasteiger partial charge in [-0.1, -0.05) is 51.1 Å². The van der Waals surface area contributed by atoms with Gasteiger partial charge in [-0.3, -0.25) is 24.0 Å². The minimum absolute atomic E-state index is 0.138. The van der Waals surface area contributed by atoms with E-state index in [0.717, 1.165) is 14.2 Å². The van der Waals surface area contributed by atoms with E-state index in [0.29, 0.717) is 12.1 Å². The zero-order valence-corrected chi connectivity index (χ0v) is 71.0. The molecule has 6 heterocycles. The van der Waals surface area contributed by atoms with Gasteiger partial charge in [-0.25, -0.2) is 26.3 Å². The largest absolute Gasteiger partial charge is 0.401 e. The van der Waals surface area contributed by atoms with Crippen molar-refractivity contribution in [3.8, 4) is 0 Å². The van der Waals surface area contributed by atoms with E-state index in [4.69, 9.17) is 118 Å². The van der Waals surface area contributed by atoms with Gasteiger partial charge in [0.2, 0.25) is 11.8 Å². The van der Waals surface area contributed by atoms with E-state index in [1.165, 1.54) is 35.4 Å². The van der Waals surface area contributed by atoms with Crippen molar-refractivity contribution in [3.05, 3.63) is 173 Å². The fourth-order valence-electron chi connectivity index (χ4n) is 12.5. The average molecular weight is 1980 g/mol. The highest BCUT2D eigenvalue weighted by Gasteiger charge is 2.53. The summed E-state index contributed by atoms with van der Waals surface area (Å²) in [6.07, 6.45) is -31.6. The maximum Gasteiger partial charge on any atom is 0.401 e. The molecular weight excluding hydrogens is 1890 g/mol. The Balaban J connectivity index is 0.000000428. The van der Waals surface area contributed by atoms with Crippen LogP contribution in [-0.4, -0.2) is 369 Å². The van der Waals surface area contributed by atoms with Gasteiger partial charge in [-0.15, -0.1) is 0 Å². The van der Waals surface area contributed by atoms with Gasteiger partial charge in [-0.05, 0) is 78.1 Å². The average Bonchev–Trinajstić information content (AvgIpc) is 0.764. The maximum atomic E-state index is 14.1. The molecule has 6 fully saturated rings. The van der Waals surface area contributed by atoms with Gasteiger partial charge in [0.25, 0.3) is 17.7 Å². The van der Waals surface area contributed by atoms with E-state index in [2.05, 4.69) is 111 Å². The van der Waals surface area contributed by atoms with Crippen LogP contribution in [0.3, 0.4) is 0 Å². The van der Waals surface area contributed by atoms with Crippen molar-refractivity contribution in [3.63, 3.8) is 0 Å². The van der Waals surface area contributed by atoms with Crippen molar-refractivity contribution < 1.29 is 177 Å². The molecule has 0 spiro atoms. The quantitative estimate of drug-likeness (QED) is 0.0121. The molecule has 17 N–H and O–H groups in total. The number of rotatable bonds is 32. The van der Waals surface area contributed by atoms with E-state index in [9.17, 15) is 120 Å². The molecule has 75 heteroatoms. The predicted octanol–water partition coefficient (Wildman–Crippen LogP) is 1.02.